The van der Waals surface area contributed by atoms with Gasteiger partial charge < -0.3 is 14.7 Å². The number of rotatable bonds is 11. The van der Waals surface area contributed by atoms with E-state index in [0.29, 0.717) is 0 Å². The third kappa shape index (κ3) is 7.16. The van der Waals surface area contributed by atoms with Gasteiger partial charge in [-0.1, -0.05) is 18.2 Å². The molecule has 0 atom stereocenters. The molecule has 0 aromatic heterocycles. The van der Waals surface area contributed by atoms with Gasteiger partial charge in [-0.2, -0.15) is 61.5 Å². The molecule has 0 aliphatic carbocycles. The number of benzene rings is 2. The summed E-state index contributed by atoms with van der Waals surface area (Å²) in [6.07, 6.45) is -14.3. The van der Waals surface area contributed by atoms with E-state index in [1.54, 1.807) is 0 Å². The summed E-state index contributed by atoms with van der Waals surface area (Å²) in [5, 5.41) is 14.2. The molecule has 43 heavy (non-hydrogen) atoms. The number of hydrogen-bond acceptors (Lipinski definition) is 5. The second kappa shape index (κ2) is 11.2. The molecule has 2 aromatic carbocycles. The van der Waals surface area contributed by atoms with Gasteiger partial charge in [0.05, 0.1) is 24.3 Å². The summed E-state index contributed by atoms with van der Waals surface area (Å²) in [5.74, 6) is -32.2. The van der Waals surface area contributed by atoms with Crippen LogP contribution in [0.25, 0.3) is 0 Å². The Balaban J connectivity index is 3.03. The van der Waals surface area contributed by atoms with Gasteiger partial charge in [-0.05, 0) is 24.3 Å². The number of carboxylic acid groups (broad SMARTS) is 1. The van der Waals surface area contributed by atoms with Crippen LogP contribution in [0, 0.1) is 0 Å². The highest BCUT2D eigenvalue weighted by Gasteiger charge is 2.75. The average Bonchev–Trinajstić information content (AvgIpc) is 2.81. The number of aromatic carboxylic acids is 1. The number of hydrogen-bond donors (Lipinski definition) is 2. The highest BCUT2D eigenvalue weighted by Crippen LogP contribution is 2.51. The second-order valence-electron chi connectivity index (χ2n) is 8.50. The predicted molar refractivity (Wildman–Crippen MR) is 115 cm³/mol. The van der Waals surface area contributed by atoms with Crippen molar-refractivity contribution in [2.45, 2.75) is 40.9 Å². The van der Waals surface area contributed by atoms with E-state index >= 15 is 0 Å². The minimum absolute atomic E-state index is 0.0581. The maximum atomic E-state index is 14.4. The van der Waals surface area contributed by atoms with Crippen LogP contribution in [0.4, 0.5) is 67.2 Å². The first-order valence-corrected chi connectivity index (χ1v) is 12.2. The summed E-state index contributed by atoms with van der Waals surface area (Å²) in [4.78, 5) is 8.54. The second-order valence-corrected chi connectivity index (χ2v) is 10.0. The maximum absolute atomic E-state index is 14.4. The lowest BCUT2D eigenvalue weighted by atomic mass is 10.1. The number of alkyl halides is 14. The van der Waals surface area contributed by atoms with Crippen LogP contribution in [0.5, 0.6) is 11.5 Å². The van der Waals surface area contributed by atoms with Crippen LogP contribution in [0.15, 0.2) is 47.4 Å². The molecule has 2 rings (SSSR count). The molecule has 0 saturated carbocycles. The van der Waals surface area contributed by atoms with Crippen molar-refractivity contribution in [2.24, 2.45) is 5.14 Å². The number of anilines is 1. The Kier molecular flexibility index (Phi) is 9.26. The van der Waals surface area contributed by atoms with Crippen molar-refractivity contribution in [3.05, 3.63) is 48.0 Å². The van der Waals surface area contributed by atoms with Gasteiger partial charge in [0.15, 0.2) is 5.75 Å². The zero-order chi connectivity index (χ0) is 33.6. The fraction of sp³-hybridized carbons (Fsp3) is 0.381. The number of carboxylic acids is 1. The molecule has 242 valence electrons. The first-order chi connectivity index (χ1) is 19.1. The minimum Gasteiger partial charge on any atom is -0.478 e. The molecular formula is C21H14F14N2O5S. The zero-order valence-corrected chi connectivity index (χ0v) is 21.1. The molecule has 2 aromatic rings. The largest absolute Gasteiger partial charge is 0.478 e. The van der Waals surface area contributed by atoms with Gasteiger partial charge in [-0.3, -0.25) is 0 Å². The van der Waals surface area contributed by atoms with Gasteiger partial charge >= 0.3 is 42.0 Å². The van der Waals surface area contributed by atoms with E-state index in [0.717, 1.165) is 24.3 Å². The monoisotopic (exact) mass is 672 g/mol. The van der Waals surface area contributed by atoms with Crippen molar-refractivity contribution < 1.29 is 84.5 Å². The van der Waals surface area contributed by atoms with Gasteiger partial charge in [0, 0.05) is 0 Å². The Bertz CT molecular complexity index is 1400. The summed E-state index contributed by atoms with van der Waals surface area (Å²) in [6.45, 7) is -6.97. The molecular weight excluding hydrogens is 658 g/mol. The number of carbonyl (C=O) groups is 1. The van der Waals surface area contributed by atoms with Crippen LogP contribution in [0.1, 0.15) is 10.4 Å². The molecule has 0 aliphatic heterocycles. The highest BCUT2D eigenvalue weighted by atomic mass is 32.2. The van der Waals surface area contributed by atoms with Crippen LogP contribution in [0.3, 0.4) is 0 Å². The summed E-state index contributed by atoms with van der Waals surface area (Å²) in [5.41, 5.74) is -3.47. The molecule has 22 heteroatoms. The maximum Gasteiger partial charge on any atom is 0.459 e. The van der Waals surface area contributed by atoms with Crippen molar-refractivity contribution in [3.8, 4) is 11.5 Å². The van der Waals surface area contributed by atoms with Crippen LogP contribution in [0.2, 0.25) is 0 Å². The Morgan fingerprint density at radius 3 is 1.53 bits per heavy atom. The Labute approximate surface area is 230 Å². The van der Waals surface area contributed by atoms with Gasteiger partial charge in [0.1, 0.15) is 10.6 Å². The van der Waals surface area contributed by atoms with E-state index in [1.807, 2.05) is 0 Å². The van der Waals surface area contributed by atoms with Crippen molar-refractivity contribution in [1.29, 1.82) is 0 Å². The van der Waals surface area contributed by atoms with Crippen LogP contribution in [-0.4, -0.2) is 68.6 Å². The van der Waals surface area contributed by atoms with Crippen molar-refractivity contribution in [2.75, 3.05) is 18.0 Å². The molecule has 0 spiro atoms. The Morgan fingerprint density at radius 2 is 1.19 bits per heavy atom. The third-order valence-corrected chi connectivity index (χ3v) is 6.22. The normalized spacial score (nSPS) is 14.0. The molecule has 0 aliphatic rings. The molecule has 0 heterocycles. The molecule has 0 fully saturated rings. The Hall–Kier alpha value is -3.56. The topological polar surface area (TPSA) is 110 Å². The lowest BCUT2D eigenvalue weighted by molar-refractivity contribution is -0.356. The van der Waals surface area contributed by atoms with E-state index in [2.05, 4.69) is 0 Å². The van der Waals surface area contributed by atoms with E-state index in [9.17, 15) is 79.8 Å². The van der Waals surface area contributed by atoms with Crippen LogP contribution < -0.4 is 14.8 Å². The van der Waals surface area contributed by atoms with E-state index in [4.69, 9.17) is 9.88 Å². The van der Waals surface area contributed by atoms with E-state index < -0.39 is 97.7 Å². The molecule has 7 nitrogen and oxygen atoms in total. The summed E-state index contributed by atoms with van der Waals surface area (Å²) in [7, 11) is -5.40. The lowest BCUT2D eigenvalue weighted by Gasteiger charge is -2.38. The lowest BCUT2D eigenvalue weighted by Crippen LogP contribution is -2.61. The number of nitrogens with two attached hydrogens (primary N) is 1. The average molecular weight is 672 g/mol. The SMILES string of the molecule is NS(=O)(=O)c1cc(C(=O)O)cc(N(CC(F)(F)C(F)(F)C(F)(F)F)CC(F)(F)C(F)(F)C(F)(F)F)c1Oc1ccccc1. The van der Waals surface area contributed by atoms with Gasteiger partial charge in [-0.15, -0.1) is 0 Å². The molecule has 3 N–H and O–H groups in total. The third-order valence-electron chi connectivity index (χ3n) is 5.30. The molecule has 0 amide bonds. The van der Waals surface area contributed by atoms with Crippen LogP contribution in [-0.2, 0) is 10.0 Å². The summed E-state index contributed by atoms with van der Waals surface area (Å²) in [6, 6.07) is 5.11. The predicted octanol–water partition coefficient (Wildman–Crippen LogP) is 6.30. The molecule has 0 radical (unpaired) electrons. The number of nitrogens with zero attached hydrogens (tertiary/aromatic N) is 1. The fourth-order valence-electron chi connectivity index (χ4n) is 3.19. The first-order valence-electron chi connectivity index (χ1n) is 10.6. The number of ether oxygens (including phenoxy) is 1. The number of para-hydroxylation sites is 1. The number of primary sulfonamides is 1. The summed E-state index contributed by atoms with van der Waals surface area (Å²) >= 11 is 0. The van der Waals surface area contributed by atoms with Crippen molar-refractivity contribution >= 4 is 21.7 Å². The first kappa shape index (κ1) is 35.6. The molecule has 0 bridgehead atoms. The molecule has 0 saturated heterocycles. The number of halogens is 14. The van der Waals surface area contributed by atoms with Crippen LogP contribution >= 0.6 is 0 Å². The standard InChI is InChI=1S/C21H14F14N2O5S/c22-16(23,18(26,27)20(30,31)32)8-37(9-17(24,25)19(28,29)21(33,34)35)12-6-10(15(38)39)7-13(43(36,40)41)14(12)42-11-4-2-1-3-5-11/h1-7H,8-9H2,(H,38,39)(H2,36,40,41). The highest BCUT2D eigenvalue weighted by molar-refractivity contribution is 7.89. The minimum atomic E-state index is -7.17. The van der Waals surface area contributed by atoms with Crippen molar-refractivity contribution in [1.82, 2.24) is 0 Å². The smallest absolute Gasteiger partial charge is 0.459 e. The van der Waals surface area contributed by atoms with Gasteiger partial charge in [0.2, 0.25) is 10.0 Å². The summed E-state index contributed by atoms with van der Waals surface area (Å²) < 4.78 is 218. The van der Waals surface area contributed by atoms with E-state index in [-0.39, 0.29) is 12.1 Å². The zero-order valence-electron chi connectivity index (χ0n) is 20.3. The Morgan fingerprint density at radius 1 is 0.767 bits per heavy atom. The number of sulfonamides is 1. The van der Waals surface area contributed by atoms with Gasteiger partial charge in [-0.25, -0.2) is 18.4 Å². The van der Waals surface area contributed by atoms with E-state index in [1.165, 1.54) is 6.07 Å². The quantitative estimate of drug-likeness (QED) is 0.272. The molecule has 0 unspecified atom stereocenters. The fourth-order valence-corrected chi connectivity index (χ4v) is 3.88. The van der Waals surface area contributed by atoms with Gasteiger partial charge in [0.25, 0.3) is 0 Å². The van der Waals surface area contributed by atoms with Crippen molar-refractivity contribution in [3.63, 3.8) is 0 Å².